The van der Waals surface area contributed by atoms with Gasteiger partial charge in [0.1, 0.15) is 22.3 Å². The van der Waals surface area contributed by atoms with E-state index in [-0.39, 0.29) is 0 Å². The molecule has 10 aromatic rings. The first kappa shape index (κ1) is 31.9. The maximum absolute atomic E-state index is 6.82. The Balaban J connectivity index is 0.923. The second-order valence-electron chi connectivity index (χ2n) is 14.5. The number of rotatable bonds is 7. The average molecular weight is 782 g/mol. The Bertz CT molecular complexity index is 3300. The normalized spacial score (nSPS) is 12.3. The van der Waals surface area contributed by atoms with Crippen molar-refractivity contribution < 1.29 is 8.83 Å². The van der Waals surface area contributed by atoms with Crippen LogP contribution in [0.25, 0.3) is 116 Å². The number of nitrogens with one attached hydrogen (secondary N) is 1. The lowest BCUT2D eigenvalue weighted by Gasteiger charge is -2.20. The highest BCUT2D eigenvalue weighted by Crippen LogP contribution is 2.51. The molecule has 6 heterocycles. The molecule has 0 amide bonds. The lowest BCUT2D eigenvalue weighted by Crippen LogP contribution is -1.98. The van der Waals surface area contributed by atoms with E-state index in [0.717, 1.165) is 68.0 Å². The Hall–Kier alpha value is -5.44. The van der Waals surface area contributed by atoms with Gasteiger partial charge in [-0.3, -0.25) is 0 Å². The van der Waals surface area contributed by atoms with Gasteiger partial charge in [0, 0.05) is 72.4 Å². The van der Waals surface area contributed by atoms with Gasteiger partial charge in [0.15, 0.2) is 0 Å². The molecule has 0 unspecified atom stereocenters. The first-order valence-electron chi connectivity index (χ1n) is 18.6. The van der Waals surface area contributed by atoms with E-state index in [2.05, 4.69) is 140 Å². The average Bonchev–Trinajstić information content (AvgIpc) is 3.99. The third-order valence-electron chi connectivity index (χ3n) is 10.8. The van der Waals surface area contributed by atoms with E-state index in [1.165, 1.54) is 71.8 Å². The molecule has 264 valence electrons. The lowest BCUT2D eigenvalue weighted by atomic mass is 9.89. The fraction of sp³-hybridized carbons (Fsp3) is 0.0833. The molecule has 1 N–H and O–H groups in total. The number of benzene rings is 6. The molecule has 0 saturated carbocycles. The Morgan fingerprint density at radius 2 is 0.891 bits per heavy atom. The Morgan fingerprint density at radius 3 is 1.35 bits per heavy atom. The number of fused-ring (bicyclic) bond motifs is 2. The molecule has 0 aliphatic carbocycles. The van der Waals surface area contributed by atoms with Crippen LogP contribution in [0.1, 0.15) is 18.9 Å². The zero-order valence-electron chi connectivity index (χ0n) is 29.9. The molecule has 6 aromatic carbocycles. The Labute approximate surface area is 332 Å². The van der Waals surface area contributed by atoms with Crippen LogP contribution < -0.4 is 5.32 Å². The maximum atomic E-state index is 6.82. The highest BCUT2D eigenvalue weighted by Gasteiger charge is 2.26. The van der Waals surface area contributed by atoms with Gasteiger partial charge in [-0.25, -0.2) is 0 Å². The molecule has 0 fully saturated rings. The van der Waals surface area contributed by atoms with Gasteiger partial charge in [0.25, 0.3) is 0 Å². The second-order valence-corrected chi connectivity index (χ2v) is 18.8. The molecule has 0 saturated heterocycles. The van der Waals surface area contributed by atoms with Crippen LogP contribution in [0, 0.1) is 6.92 Å². The summed E-state index contributed by atoms with van der Waals surface area (Å²) in [6, 6.07) is 44.7. The van der Waals surface area contributed by atoms with Crippen LogP contribution in [-0.2, 0) is 0 Å². The van der Waals surface area contributed by atoms with Crippen LogP contribution in [0.5, 0.6) is 0 Å². The van der Waals surface area contributed by atoms with E-state index in [1.807, 2.05) is 45.3 Å². The van der Waals surface area contributed by atoms with Gasteiger partial charge in [-0.05, 0) is 119 Å². The van der Waals surface area contributed by atoms with E-state index < -0.39 is 0 Å². The summed E-state index contributed by atoms with van der Waals surface area (Å²) in [6.45, 7) is 5.32. The van der Waals surface area contributed by atoms with Gasteiger partial charge >= 0.3 is 0 Å². The largest absolute Gasteiger partial charge is 0.456 e. The second kappa shape index (κ2) is 12.0. The quantitative estimate of drug-likeness (QED) is 0.129. The zero-order chi connectivity index (χ0) is 36.4. The molecule has 12 rings (SSSR count). The first-order valence-corrected chi connectivity index (χ1v) is 21.9. The van der Waals surface area contributed by atoms with Crippen molar-refractivity contribution in [1.82, 2.24) is 0 Å². The number of thiophene rings is 4. The van der Waals surface area contributed by atoms with Gasteiger partial charge < -0.3 is 14.2 Å². The van der Waals surface area contributed by atoms with Crippen LogP contribution in [0.3, 0.4) is 0 Å². The summed E-state index contributed by atoms with van der Waals surface area (Å²) in [5.74, 6) is 0. The molecule has 2 aliphatic heterocycles. The highest BCUT2D eigenvalue weighted by molar-refractivity contribution is 7.31. The molecule has 2 aliphatic rings. The molecule has 0 radical (unpaired) electrons. The molecule has 3 nitrogen and oxygen atoms in total. The SMILES string of the molecule is CCCNc1ccc(-c2cc3sc(-c4cc5ccc6oc7cc(-c8cc9sc(-c%10ccc(C)cc%10)cc9s8)cc8ccc9oc(c4)c5c6-c9c87)cc3s2)cc1. The zero-order valence-corrected chi connectivity index (χ0v) is 33.2. The molecule has 0 spiro atoms. The first-order chi connectivity index (χ1) is 27.0. The third-order valence-corrected chi connectivity index (χ3v) is 15.6. The van der Waals surface area contributed by atoms with Crippen molar-refractivity contribution in [3.05, 3.63) is 127 Å². The monoisotopic (exact) mass is 781 g/mol. The molecule has 7 heteroatoms. The Morgan fingerprint density at radius 1 is 0.455 bits per heavy atom. The maximum Gasteiger partial charge on any atom is 0.136 e. The van der Waals surface area contributed by atoms with Gasteiger partial charge in [0.05, 0.1) is 0 Å². The van der Waals surface area contributed by atoms with Crippen molar-refractivity contribution in [1.29, 1.82) is 0 Å². The van der Waals surface area contributed by atoms with Crippen LogP contribution in [0.15, 0.2) is 130 Å². The number of anilines is 1. The fourth-order valence-corrected chi connectivity index (χ4v) is 12.9. The molecular weight excluding hydrogens is 751 g/mol. The minimum absolute atomic E-state index is 0.885. The predicted molar refractivity (Wildman–Crippen MR) is 241 cm³/mol. The number of hydrogen-bond acceptors (Lipinski definition) is 7. The molecule has 55 heavy (non-hydrogen) atoms. The Kier molecular flexibility index (Phi) is 6.97. The molecule has 0 atom stereocenters. The summed E-state index contributed by atoms with van der Waals surface area (Å²) in [5, 5.41) is 8.04. The summed E-state index contributed by atoms with van der Waals surface area (Å²) < 4.78 is 18.9. The van der Waals surface area contributed by atoms with Gasteiger partial charge in [-0.1, -0.05) is 61.0 Å². The molecular formula is C48H31NO2S4. The van der Waals surface area contributed by atoms with Crippen molar-refractivity contribution in [3.63, 3.8) is 0 Å². The van der Waals surface area contributed by atoms with Gasteiger partial charge in [-0.2, -0.15) is 0 Å². The number of aryl methyl sites for hydroxylation is 1. The van der Waals surface area contributed by atoms with E-state index in [4.69, 9.17) is 8.83 Å². The lowest BCUT2D eigenvalue weighted by molar-refractivity contribution is 0.646. The van der Waals surface area contributed by atoms with Crippen molar-refractivity contribution in [2.24, 2.45) is 0 Å². The number of hydrogen-bond donors (Lipinski definition) is 1. The van der Waals surface area contributed by atoms with Crippen molar-refractivity contribution >= 4 is 114 Å². The van der Waals surface area contributed by atoms with Gasteiger partial charge in [0.2, 0.25) is 0 Å². The smallest absolute Gasteiger partial charge is 0.136 e. The van der Waals surface area contributed by atoms with E-state index in [9.17, 15) is 0 Å². The van der Waals surface area contributed by atoms with Crippen molar-refractivity contribution in [3.8, 4) is 52.9 Å². The predicted octanol–water partition coefficient (Wildman–Crippen LogP) is 16.4. The summed E-state index contributed by atoms with van der Waals surface area (Å²) in [7, 11) is 0. The minimum atomic E-state index is 0.885. The van der Waals surface area contributed by atoms with Crippen molar-refractivity contribution in [2.75, 3.05) is 11.9 Å². The summed E-state index contributed by atoms with van der Waals surface area (Å²) in [5.41, 5.74) is 13.2. The fourth-order valence-electron chi connectivity index (χ4n) is 8.15. The summed E-state index contributed by atoms with van der Waals surface area (Å²) >= 11 is 7.43. The van der Waals surface area contributed by atoms with Crippen molar-refractivity contribution in [2.45, 2.75) is 20.3 Å². The van der Waals surface area contributed by atoms with Crippen LogP contribution in [0.4, 0.5) is 5.69 Å². The van der Waals surface area contributed by atoms with Gasteiger partial charge in [-0.15, -0.1) is 45.3 Å². The van der Waals surface area contributed by atoms with E-state index >= 15 is 0 Å². The summed E-state index contributed by atoms with van der Waals surface area (Å²) in [4.78, 5) is 5.12. The van der Waals surface area contributed by atoms with Crippen LogP contribution in [0.2, 0.25) is 0 Å². The van der Waals surface area contributed by atoms with Crippen LogP contribution >= 0.6 is 45.3 Å². The third kappa shape index (κ3) is 5.04. The van der Waals surface area contributed by atoms with E-state index in [0.29, 0.717) is 0 Å². The molecule has 4 aromatic heterocycles. The van der Waals surface area contributed by atoms with E-state index in [1.54, 1.807) is 0 Å². The standard InChI is InChI=1S/C48H31NO2S4/c1-3-16-49-32-12-8-27(9-13-32)38-22-42-44(53-38)24-40(55-42)31-18-29-11-15-33-48-46(29)36(20-31)51-34-14-10-28-17-30(19-35(50-33)45(28)47(34)48)39-23-43-41(54-39)21-37(52-43)26-6-4-25(2)5-7-26/h4-15,17-24,49H,3,16H2,1-2H3. The minimum Gasteiger partial charge on any atom is -0.456 e. The molecule has 0 bridgehead atoms. The highest BCUT2D eigenvalue weighted by atomic mass is 32.1. The summed E-state index contributed by atoms with van der Waals surface area (Å²) in [6.07, 6.45) is 1.12. The van der Waals surface area contributed by atoms with Crippen LogP contribution in [-0.4, -0.2) is 6.54 Å². The topological polar surface area (TPSA) is 38.3 Å².